The van der Waals surface area contributed by atoms with Gasteiger partial charge in [0.1, 0.15) is 5.01 Å². The topological polar surface area (TPSA) is 54.9 Å². The zero-order valence-corrected chi connectivity index (χ0v) is 12.2. The van der Waals surface area contributed by atoms with Crippen molar-refractivity contribution in [1.29, 1.82) is 0 Å². The van der Waals surface area contributed by atoms with E-state index in [1.54, 1.807) is 6.92 Å². The molecule has 0 unspecified atom stereocenters. The second-order valence-electron chi connectivity index (χ2n) is 4.39. The van der Waals surface area contributed by atoms with Crippen LogP contribution in [-0.4, -0.2) is 20.9 Å². The molecule has 1 amide bonds. The van der Waals surface area contributed by atoms with Gasteiger partial charge in [0.25, 0.3) is 0 Å². The number of amides is 1. The molecular weight excluding hydrogens is 302 g/mol. The highest BCUT2D eigenvalue weighted by Crippen LogP contribution is 2.35. The van der Waals surface area contributed by atoms with Crippen molar-refractivity contribution >= 4 is 38.3 Å². The average molecular weight is 318 g/mol. The molecule has 0 radical (unpaired) electrons. The highest BCUT2D eigenvalue weighted by molar-refractivity contribution is 9.10. The van der Waals surface area contributed by atoms with Crippen molar-refractivity contribution in [2.45, 2.75) is 49.8 Å². The third-order valence-corrected chi connectivity index (χ3v) is 4.40. The summed E-state index contributed by atoms with van der Waals surface area (Å²) in [5.41, 5.74) is 0. The number of aromatic nitrogens is 2. The number of hydrogen-bond acceptors (Lipinski definition) is 4. The van der Waals surface area contributed by atoms with Gasteiger partial charge in [0.2, 0.25) is 11.0 Å². The van der Waals surface area contributed by atoms with Gasteiger partial charge < -0.3 is 0 Å². The molecule has 1 aliphatic carbocycles. The van der Waals surface area contributed by atoms with Crippen LogP contribution < -0.4 is 5.32 Å². The summed E-state index contributed by atoms with van der Waals surface area (Å²) in [6, 6.07) is 0. The fraction of sp³-hybridized carbons (Fsp3) is 0.727. The first-order valence-electron chi connectivity index (χ1n) is 5.95. The standard InChI is InChI=1S/C11H16BrN3OS/c1-7(12)9(16)13-11-15-14-10(17-11)8-5-3-2-4-6-8/h7-8H,2-6H2,1H3,(H,13,15,16)/t7-/m1/s1. The van der Waals surface area contributed by atoms with E-state index in [0.29, 0.717) is 11.0 Å². The summed E-state index contributed by atoms with van der Waals surface area (Å²) in [7, 11) is 0. The summed E-state index contributed by atoms with van der Waals surface area (Å²) in [6.07, 6.45) is 6.31. The number of nitrogens with one attached hydrogen (secondary N) is 1. The minimum atomic E-state index is -0.204. The molecule has 0 aromatic carbocycles. The molecule has 1 atom stereocenters. The Labute approximate surface area is 113 Å². The Kier molecular flexibility index (Phi) is 4.50. The van der Waals surface area contributed by atoms with E-state index in [-0.39, 0.29) is 10.7 Å². The lowest BCUT2D eigenvalue weighted by atomic mass is 9.90. The third kappa shape index (κ3) is 3.48. The maximum Gasteiger partial charge on any atom is 0.239 e. The number of hydrogen-bond donors (Lipinski definition) is 1. The molecule has 17 heavy (non-hydrogen) atoms. The van der Waals surface area contributed by atoms with Crippen LogP contribution in [0.25, 0.3) is 0 Å². The molecular formula is C11H16BrN3OS. The van der Waals surface area contributed by atoms with Crippen LogP contribution in [0.5, 0.6) is 0 Å². The van der Waals surface area contributed by atoms with Crippen molar-refractivity contribution in [2.75, 3.05) is 5.32 Å². The minimum Gasteiger partial charge on any atom is -0.300 e. The molecule has 0 aliphatic heterocycles. The summed E-state index contributed by atoms with van der Waals surface area (Å²) in [4.78, 5) is 11.3. The number of halogens is 1. The molecule has 1 saturated carbocycles. The zero-order valence-electron chi connectivity index (χ0n) is 9.78. The highest BCUT2D eigenvalue weighted by Gasteiger charge is 2.20. The van der Waals surface area contributed by atoms with Gasteiger partial charge in [-0.2, -0.15) is 0 Å². The van der Waals surface area contributed by atoms with Crippen molar-refractivity contribution in [3.8, 4) is 0 Å². The van der Waals surface area contributed by atoms with Crippen molar-refractivity contribution < 1.29 is 4.79 Å². The zero-order chi connectivity index (χ0) is 12.3. The van der Waals surface area contributed by atoms with Crippen LogP contribution in [0.2, 0.25) is 0 Å². The number of alkyl halides is 1. The van der Waals surface area contributed by atoms with Gasteiger partial charge in [0, 0.05) is 5.92 Å². The second kappa shape index (κ2) is 5.91. The summed E-state index contributed by atoms with van der Waals surface area (Å²) in [5, 5.41) is 12.7. The fourth-order valence-electron chi connectivity index (χ4n) is 2.00. The Morgan fingerprint density at radius 1 is 1.41 bits per heavy atom. The van der Waals surface area contributed by atoms with E-state index in [2.05, 4.69) is 31.4 Å². The molecule has 1 aliphatic rings. The van der Waals surface area contributed by atoms with Crippen LogP contribution in [-0.2, 0) is 4.79 Å². The molecule has 2 rings (SSSR count). The molecule has 0 bridgehead atoms. The number of carbonyl (C=O) groups is 1. The van der Waals surface area contributed by atoms with Crippen LogP contribution in [0.1, 0.15) is 50.0 Å². The van der Waals surface area contributed by atoms with E-state index in [1.165, 1.54) is 43.4 Å². The number of rotatable bonds is 3. The van der Waals surface area contributed by atoms with Crippen molar-refractivity contribution in [3.63, 3.8) is 0 Å². The molecule has 6 heteroatoms. The minimum absolute atomic E-state index is 0.0728. The molecule has 1 fully saturated rings. The van der Waals surface area contributed by atoms with E-state index >= 15 is 0 Å². The lowest BCUT2D eigenvalue weighted by molar-refractivity contribution is -0.115. The van der Waals surface area contributed by atoms with Crippen molar-refractivity contribution in [1.82, 2.24) is 10.2 Å². The first-order chi connectivity index (χ1) is 8.16. The van der Waals surface area contributed by atoms with Crippen molar-refractivity contribution in [2.24, 2.45) is 0 Å². The molecule has 0 spiro atoms. The van der Waals surface area contributed by atoms with Gasteiger partial charge in [-0.05, 0) is 19.8 Å². The van der Waals surface area contributed by atoms with Gasteiger partial charge in [-0.1, -0.05) is 46.5 Å². The maximum atomic E-state index is 11.5. The lowest BCUT2D eigenvalue weighted by Gasteiger charge is -2.18. The number of anilines is 1. The van der Waals surface area contributed by atoms with Crippen LogP contribution in [0.4, 0.5) is 5.13 Å². The molecule has 4 nitrogen and oxygen atoms in total. The Bertz CT molecular complexity index is 388. The van der Waals surface area contributed by atoms with E-state index in [1.807, 2.05) is 0 Å². The molecule has 1 aromatic heterocycles. The highest BCUT2D eigenvalue weighted by atomic mass is 79.9. The number of carbonyl (C=O) groups excluding carboxylic acids is 1. The van der Waals surface area contributed by atoms with Crippen LogP contribution in [0.15, 0.2) is 0 Å². The largest absolute Gasteiger partial charge is 0.300 e. The van der Waals surface area contributed by atoms with E-state index in [0.717, 1.165) is 5.01 Å². The Morgan fingerprint density at radius 2 is 2.12 bits per heavy atom. The SMILES string of the molecule is C[C@@H](Br)C(=O)Nc1nnc(C2CCCCC2)s1. The monoisotopic (exact) mass is 317 g/mol. The van der Waals surface area contributed by atoms with Gasteiger partial charge in [0.15, 0.2) is 0 Å². The van der Waals surface area contributed by atoms with Gasteiger partial charge in [-0.3, -0.25) is 10.1 Å². The molecule has 1 aromatic rings. The van der Waals surface area contributed by atoms with Crippen LogP contribution in [0, 0.1) is 0 Å². The first-order valence-corrected chi connectivity index (χ1v) is 7.68. The van der Waals surface area contributed by atoms with Crippen LogP contribution in [0.3, 0.4) is 0 Å². The normalized spacial score (nSPS) is 18.9. The number of nitrogens with zero attached hydrogens (tertiary/aromatic N) is 2. The smallest absolute Gasteiger partial charge is 0.239 e. The van der Waals surface area contributed by atoms with Crippen molar-refractivity contribution in [3.05, 3.63) is 5.01 Å². The first kappa shape index (κ1) is 13.0. The summed E-state index contributed by atoms with van der Waals surface area (Å²) >= 11 is 4.74. The Morgan fingerprint density at radius 3 is 2.76 bits per heavy atom. The van der Waals surface area contributed by atoms with Gasteiger partial charge in [-0.15, -0.1) is 10.2 Å². The molecule has 94 valence electrons. The summed E-state index contributed by atoms with van der Waals surface area (Å²) in [5.74, 6) is 0.477. The third-order valence-electron chi connectivity index (χ3n) is 2.99. The quantitative estimate of drug-likeness (QED) is 0.870. The molecule has 1 heterocycles. The predicted molar refractivity (Wildman–Crippen MR) is 72.8 cm³/mol. The van der Waals surface area contributed by atoms with Crippen LogP contribution >= 0.6 is 27.3 Å². The Hall–Kier alpha value is -0.490. The predicted octanol–water partition coefficient (Wildman–Crippen LogP) is 3.31. The van der Waals surface area contributed by atoms with Gasteiger partial charge in [-0.25, -0.2) is 0 Å². The Balaban J connectivity index is 1.97. The van der Waals surface area contributed by atoms with E-state index < -0.39 is 0 Å². The fourth-order valence-corrected chi connectivity index (χ4v) is 3.03. The lowest BCUT2D eigenvalue weighted by Crippen LogP contribution is -2.19. The maximum absolute atomic E-state index is 11.5. The molecule has 0 saturated heterocycles. The summed E-state index contributed by atoms with van der Waals surface area (Å²) in [6.45, 7) is 1.79. The van der Waals surface area contributed by atoms with E-state index in [4.69, 9.17) is 0 Å². The van der Waals surface area contributed by atoms with Gasteiger partial charge >= 0.3 is 0 Å². The van der Waals surface area contributed by atoms with E-state index in [9.17, 15) is 4.79 Å². The second-order valence-corrected chi connectivity index (χ2v) is 6.77. The molecule has 1 N–H and O–H groups in total. The van der Waals surface area contributed by atoms with Gasteiger partial charge in [0.05, 0.1) is 4.83 Å². The summed E-state index contributed by atoms with van der Waals surface area (Å²) < 4.78 is 0. The average Bonchev–Trinajstić information content (AvgIpc) is 2.78.